The maximum absolute atomic E-state index is 14.3. The van der Waals surface area contributed by atoms with E-state index in [1.54, 1.807) is 23.1 Å². The lowest BCUT2D eigenvalue weighted by Crippen LogP contribution is -2.57. The first-order valence-corrected chi connectivity index (χ1v) is 15.1. The van der Waals surface area contributed by atoms with Crippen molar-refractivity contribution < 1.29 is 19.1 Å². The number of carbonyl (C=O) groups is 3. The molecule has 3 aliphatic heterocycles. The number of likely N-dealkylation sites (tertiary alicyclic amines) is 1. The second kappa shape index (κ2) is 10.8. The van der Waals surface area contributed by atoms with Gasteiger partial charge in [0.1, 0.15) is 11.6 Å². The van der Waals surface area contributed by atoms with E-state index in [4.69, 9.17) is 27.9 Å². The molecule has 8 atom stereocenters. The maximum Gasteiger partial charge on any atom is 0.246 e. The molecule has 216 valence electrons. The van der Waals surface area contributed by atoms with E-state index in [0.717, 1.165) is 30.4 Å². The van der Waals surface area contributed by atoms with E-state index < -0.39 is 29.6 Å². The summed E-state index contributed by atoms with van der Waals surface area (Å²) >= 11 is 12.8. The number of rotatable bonds is 6. The highest BCUT2D eigenvalue weighted by Crippen LogP contribution is 2.55. The minimum absolute atomic E-state index is 0.00642. The predicted molar refractivity (Wildman–Crippen MR) is 158 cm³/mol. The number of benzene rings is 2. The molecule has 2 aromatic carbocycles. The normalized spacial score (nSPS) is 33.6. The zero-order valence-corrected chi connectivity index (χ0v) is 24.9. The van der Waals surface area contributed by atoms with Crippen molar-refractivity contribution in [3.8, 4) is 0 Å². The number of amides is 3. The van der Waals surface area contributed by atoms with E-state index in [2.05, 4.69) is 24.5 Å². The van der Waals surface area contributed by atoms with Crippen LogP contribution in [-0.2, 0) is 25.7 Å². The van der Waals surface area contributed by atoms with E-state index in [1.165, 1.54) is 0 Å². The number of ether oxygens (including phenoxy) is 1. The number of fused-ring (bicyclic) bond motifs is 1. The molecule has 2 N–H and O–H groups in total. The topological polar surface area (TPSA) is 87.7 Å². The van der Waals surface area contributed by atoms with E-state index >= 15 is 0 Å². The maximum atomic E-state index is 14.3. The fourth-order valence-corrected chi connectivity index (χ4v) is 7.57. The molecule has 41 heavy (non-hydrogen) atoms. The van der Waals surface area contributed by atoms with Crippen LogP contribution in [0.4, 0.5) is 5.69 Å². The first-order chi connectivity index (χ1) is 19.6. The zero-order chi connectivity index (χ0) is 29.1. The minimum Gasteiger partial charge on any atom is -0.359 e. The van der Waals surface area contributed by atoms with E-state index in [0.29, 0.717) is 27.6 Å². The molecule has 0 aromatic heterocycles. The zero-order valence-electron chi connectivity index (χ0n) is 23.4. The summed E-state index contributed by atoms with van der Waals surface area (Å²) in [6.07, 6.45) is 6.10. The molecule has 7 nitrogen and oxygen atoms in total. The smallest absolute Gasteiger partial charge is 0.246 e. The Bertz CT molecular complexity index is 1430. The van der Waals surface area contributed by atoms with Gasteiger partial charge in [0.05, 0.1) is 17.9 Å². The number of anilines is 1. The monoisotopic (exact) mass is 595 g/mol. The first-order valence-electron chi connectivity index (χ1n) is 14.4. The van der Waals surface area contributed by atoms with Gasteiger partial charge in [0.15, 0.2) is 0 Å². The van der Waals surface area contributed by atoms with Crippen LogP contribution in [0.3, 0.4) is 0 Å². The summed E-state index contributed by atoms with van der Waals surface area (Å²) in [6, 6.07) is 11.7. The highest BCUT2D eigenvalue weighted by Gasteiger charge is 2.72. The molecular formula is C32H35Cl2N3O4. The van der Waals surface area contributed by atoms with Crippen LogP contribution in [0.2, 0.25) is 10.0 Å². The van der Waals surface area contributed by atoms with Gasteiger partial charge >= 0.3 is 0 Å². The molecule has 1 saturated carbocycles. The molecule has 6 rings (SSSR count). The van der Waals surface area contributed by atoms with Crippen molar-refractivity contribution in [2.45, 2.75) is 70.4 Å². The standard InChI is InChI=1S/C32H35Cl2N3O4/c1-17-7-6-10-24(19(17)3)36-30(39)28-32-14-13-25(41-32)26(29(38)35-21-12-11-18(2)23(34)15-21)27(32)31(40)37(28)16-20-8-4-5-9-22(20)33/h4-5,8-9,11-15,17,19,24-28H,6-7,10,16H2,1-3H3,(H,35,38)(H,36,39)/t17-,19+,24+,25+,26-,27+,28+,32+/m0/s1. The van der Waals surface area contributed by atoms with Crippen LogP contribution in [0.15, 0.2) is 54.6 Å². The molecule has 4 aliphatic rings. The van der Waals surface area contributed by atoms with Crippen LogP contribution < -0.4 is 10.6 Å². The van der Waals surface area contributed by atoms with Gasteiger partial charge in [0.25, 0.3) is 0 Å². The lowest BCUT2D eigenvalue weighted by molar-refractivity contribution is -0.142. The summed E-state index contributed by atoms with van der Waals surface area (Å²) < 4.78 is 6.48. The van der Waals surface area contributed by atoms with E-state index in [1.807, 2.05) is 43.3 Å². The number of nitrogens with zero attached hydrogens (tertiary/aromatic N) is 1. The number of halogens is 2. The van der Waals surface area contributed by atoms with Crippen molar-refractivity contribution >= 4 is 46.6 Å². The van der Waals surface area contributed by atoms with Crippen molar-refractivity contribution in [3.05, 3.63) is 75.8 Å². The number of hydrogen-bond acceptors (Lipinski definition) is 4. The SMILES string of the molecule is Cc1ccc(NC(=O)[C@H]2[C@H]3C=C[C@@]4(O3)[C@H]2C(=O)N(Cc2ccccc2Cl)[C@@H]4C(=O)N[C@@H]2CCC[C@H](C)[C@H]2C)cc1Cl. The Morgan fingerprint density at radius 1 is 1.07 bits per heavy atom. The summed E-state index contributed by atoms with van der Waals surface area (Å²) in [5, 5.41) is 7.26. The lowest BCUT2D eigenvalue weighted by atomic mass is 9.73. The Labute approximate surface area is 250 Å². The third kappa shape index (κ3) is 4.76. The summed E-state index contributed by atoms with van der Waals surface area (Å²) in [7, 11) is 0. The van der Waals surface area contributed by atoms with Gasteiger partial charge in [0.2, 0.25) is 17.7 Å². The quantitative estimate of drug-likeness (QED) is 0.430. The third-order valence-corrected chi connectivity index (χ3v) is 10.5. The van der Waals surface area contributed by atoms with Crippen molar-refractivity contribution in [2.75, 3.05) is 5.32 Å². The molecule has 2 saturated heterocycles. The Kier molecular flexibility index (Phi) is 7.41. The average Bonchev–Trinajstić information content (AvgIpc) is 3.58. The Morgan fingerprint density at radius 3 is 2.61 bits per heavy atom. The highest BCUT2D eigenvalue weighted by molar-refractivity contribution is 6.31. The Hall–Kier alpha value is -2.87. The van der Waals surface area contributed by atoms with Gasteiger partial charge in [-0.15, -0.1) is 0 Å². The fourth-order valence-electron chi connectivity index (χ4n) is 7.19. The molecule has 1 spiro atoms. The lowest BCUT2D eigenvalue weighted by Gasteiger charge is -2.38. The van der Waals surface area contributed by atoms with Gasteiger partial charge in [0, 0.05) is 28.3 Å². The largest absolute Gasteiger partial charge is 0.359 e. The van der Waals surface area contributed by atoms with Crippen molar-refractivity contribution in [1.29, 1.82) is 0 Å². The van der Waals surface area contributed by atoms with Gasteiger partial charge in [-0.05, 0) is 54.5 Å². The van der Waals surface area contributed by atoms with Crippen LogP contribution in [0.25, 0.3) is 0 Å². The molecule has 1 aliphatic carbocycles. The van der Waals surface area contributed by atoms with Gasteiger partial charge in [-0.25, -0.2) is 0 Å². The van der Waals surface area contributed by atoms with Crippen LogP contribution >= 0.6 is 23.2 Å². The molecule has 3 heterocycles. The molecule has 3 fully saturated rings. The number of nitrogens with one attached hydrogen (secondary N) is 2. The van der Waals surface area contributed by atoms with Gasteiger partial charge in [-0.2, -0.15) is 0 Å². The van der Waals surface area contributed by atoms with E-state index in [9.17, 15) is 14.4 Å². The summed E-state index contributed by atoms with van der Waals surface area (Å²) in [5.74, 6) is -1.72. The molecule has 2 bridgehead atoms. The first kappa shape index (κ1) is 28.3. The van der Waals surface area contributed by atoms with E-state index in [-0.39, 0.29) is 30.3 Å². The third-order valence-electron chi connectivity index (χ3n) is 9.70. The van der Waals surface area contributed by atoms with Crippen LogP contribution in [0.1, 0.15) is 44.2 Å². The number of aryl methyl sites for hydroxylation is 1. The molecule has 2 aromatic rings. The number of carbonyl (C=O) groups excluding carboxylic acids is 3. The summed E-state index contributed by atoms with van der Waals surface area (Å²) in [5.41, 5.74) is 0.917. The van der Waals surface area contributed by atoms with Gasteiger partial charge < -0.3 is 20.3 Å². The summed E-state index contributed by atoms with van der Waals surface area (Å²) in [6.45, 7) is 6.41. The molecule has 9 heteroatoms. The molecule has 0 radical (unpaired) electrons. The van der Waals surface area contributed by atoms with Gasteiger partial charge in [-0.3, -0.25) is 14.4 Å². The molecular weight excluding hydrogens is 561 g/mol. The van der Waals surface area contributed by atoms with Crippen molar-refractivity contribution in [1.82, 2.24) is 10.2 Å². The van der Waals surface area contributed by atoms with Gasteiger partial charge in [-0.1, -0.05) is 86.3 Å². The van der Waals surface area contributed by atoms with Crippen LogP contribution in [0, 0.1) is 30.6 Å². The van der Waals surface area contributed by atoms with Crippen molar-refractivity contribution in [3.63, 3.8) is 0 Å². The average molecular weight is 597 g/mol. The number of hydrogen-bond donors (Lipinski definition) is 2. The van der Waals surface area contributed by atoms with Crippen molar-refractivity contribution in [2.24, 2.45) is 23.7 Å². The molecule has 3 amide bonds. The van der Waals surface area contributed by atoms with Crippen LogP contribution in [-0.4, -0.2) is 46.4 Å². The predicted octanol–water partition coefficient (Wildman–Crippen LogP) is 5.53. The Balaban J connectivity index is 1.34. The minimum atomic E-state index is -1.25. The summed E-state index contributed by atoms with van der Waals surface area (Å²) in [4.78, 5) is 43.7. The second-order valence-corrected chi connectivity index (χ2v) is 12.9. The van der Waals surface area contributed by atoms with Crippen LogP contribution in [0.5, 0.6) is 0 Å². The fraction of sp³-hybridized carbons (Fsp3) is 0.469. The molecule has 0 unspecified atom stereocenters. The second-order valence-electron chi connectivity index (χ2n) is 12.1. The Morgan fingerprint density at radius 2 is 1.85 bits per heavy atom. The highest BCUT2D eigenvalue weighted by atomic mass is 35.5.